The number of benzene rings is 1. The highest BCUT2D eigenvalue weighted by atomic mass is 32.2. The molecule has 1 fully saturated rings. The number of sulfone groups is 1. The van der Waals surface area contributed by atoms with Gasteiger partial charge in [-0.1, -0.05) is 5.16 Å². The van der Waals surface area contributed by atoms with Gasteiger partial charge in [0, 0.05) is 18.0 Å². The van der Waals surface area contributed by atoms with E-state index in [2.05, 4.69) is 15.1 Å². The third kappa shape index (κ3) is 5.55. The number of hydrogen-bond acceptors (Lipinski definition) is 8. The first-order chi connectivity index (χ1) is 17.9. The monoisotopic (exact) mass is 578 g/mol. The summed E-state index contributed by atoms with van der Waals surface area (Å²) < 4.78 is 115. The van der Waals surface area contributed by atoms with Gasteiger partial charge in [0.25, 0.3) is 0 Å². The molecule has 1 saturated heterocycles. The number of halogens is 6. The summed E-state index contributed by atoms with van der Waals surface area (Å²) in [6.45, 7) is 4.15. The summed E-state index contributed by atoms with van der Waals surface area (Å²) in [6, 6.07) is -0.105. The molecule has 3 aromatic rings. The average molecular weight is 578 g/mol. The molecule has 0 saturated carbocycles. The second-order valence-corrected chi connectivity index (χ2v) is 10.9. The van der Waals surface area contributed by atoms with Crippen molar-refractivity contribution in [2.75, 3.05) is 6.26 Å². The van der Waals surface area contributed by atoms with E-state index in [9.17, 15) is 39.6 Å². The van der Waals surface area contributed by atoms with Crippen LogP contribution in [0.4, 0.5) is 31.1 Å². The number of aryl methyl sites for hydroxylation is 2. The van der Waals surface area contributed by atoms with Crippen LogP contribution in [0.5, 0.6) is 0 Å². The Morgan fingerprint density at radius 2 is 1.62 bits per heavy atom. The van der Waals surface area contributed by atoms with Gasteiger partial charge < -0.3 is 9.26 Å². The molecule has 0 aliphatic carbocycles. The van der Waals surface area contributed by atoms with Crippen LogP contribution >= 0.6 is 0 Å². The molecule has 2 atom stereocenters. The number of ether oxygens (including phenoxy) is 1. The molecule has 0 bridgehead atoms. The first-order valence-corrected chi connectivity index (χ1v) is 13.0. The molecule has 39 heavy (non-hydrogen) atoms. The fourth-order valence-corrected chi connectivity index (χ4v) is 4.76. The molecule has 0 unspecified atom stereocenters. The summed E-state index contributed by atoms with van der Waals surface area (Å²) in [5, 5.41) is 3.28. The summed E-state index contributed by atoms with van der Waals surface area (Å²) in [7, 11) is -3.89. The highest BCUT2D eigenvalue weighted by Gasteiger charge is 2.43. The van der Waals surface area contributed by atoms with Gasteiger partial charge in [-0.15, -0.1) is 0 Å². The number of nitrogens with zero attached hydrogens (tertiary/aromatic N) is 4. The van der Waals surface area contributed by atoms with E-state index in [4.69, 9.17) is 9.26 Å². The number of carbonyl (C=O) groups is 1. The second-order valence-electron chi connectivity index (χ2n) is 9.00. The molecular formula is C23H20F6N4O5S. The fourth-order valence-electron chi connectivity index (χ4n) is 4.24. The number of alkyl halides is 6. The lowest BCUT2D eigenvalue weighted by Gasteiger charge is -2.23. The SMILES string of the molecule is Cc1noc(C)c1-c1cnc(S(C)(=O)=O)nc1CN1C(=O)O[C@H](c2cc(C(F)(F)F)cc(C(F)(F)F)c2)[C@@H]1C. The second kappa shape index (κ2) is 9.50. The normalized spacial score (nSPS) is 18.5. The van der Waals surface area contributed by atoms with Crippen molar-refractivity contribution in [2.45, 2.75) is 57.0 Å². The Balaban J connectivity index is 1.77. The lowest BCUT2D eigenvalue weighted by Crippen LogP contribution is -2.32. The average Bonchev–Trinajstić information content (AvgIpc) is 3.29. The van der Waals surface area contributed by atoms with Crippen LogP contribution in [0.15, 0.2) is 34.1 Å². The van der Waals surface area contributed by atoms with Gasteiger partial charge in [0.05, 0.1) is 40.7 Å². The van der Waals surface area contributed by atoms with Crippen molar-refractivity contribution in [3.8, 4) is 11.1 Å². The molecule has 3 heterocycles. The zero-order valence-corrected chi connectivity index (χ0v) is 21.5. The predicted octanol–water partition coefficient (Wildman–Crippen LogP) is 5.27. The zero-order valence-electron chi connectivity index (χ0n) is 20.7. The van der Waals surface area contributed by atoms with Crippen LogP contribution < -0.4 is 0 Å². The van der Waals surface area contributed by atoms with E-state index in [-0.39, 0.29) is 17.3 Å². The predicted molar refractivity (Wildman–Crippen MR) is 121 cm³/mol. The van der Waals surface area contributed by atoms with Gasteiger partial charge in [0.2, 0.25) is 15.0 Å². The van der Waals surface area contributed by atoms with Crippen molar-refractivity contribution in [3.63, 3.8) is 0 Å². The zero-order chi connectivity index (χ0) is 29.1. The van der Waals surface area contributed by atoms with Crippen LogP contribution in [0.3, 0.4) is 0 Å². The van der Waals surface area contributed by atoms with Gasteiger partial charge in [0.1, 0.15) is 11.9 Å². The first kappa shape index (κ1) is 28.3. The lowest BCUT2D eigenvalue weighted by molar-refractivity contribution is -0.143. The third-order valence-electron chi connectivity index (χ3n) is 6.13. The van der Waals surface area contributed by atoms with Gasteiger partial charge in [-0.05, 0) is 44.5 Å². The minimum atomic E-state index is -5.09. The van der Waals surface area contributed by atoms with Crippen molar-refractivity contribution in [1.82, 2.24) is 20.0 Å². The van der Waals surface area contributed by atoms with E-state index in [1.165, 1.54) is 13.1 Å². The van der Waals surface area contributed by atoms with E-state index in [1.54, 1.807) is 13.8 Å². The van der Waals surface area contributed by atoms with E-state index in [0.717, 1.165) is 11.2 Å². The smallest absolute Gasteiger partial charge is 0.416 e. The lowest BCUT2D eigenvalue weighted by atomic mass is 9.97. The van der Waals surface area contributed by atoms with Gasteiger partial charge in [-0.25, -0.2) is 23.2 Å². The minimum absolute atomic E-state index is 0.0179. The summed E-state index contributed by atoms with van der Waals surface area (Å²) >= 11 is 0. The molecule has 1 amide bonds. The van der Waals surface area contributed by atoms with E-state index >= 15 is 0 Å². The highest BCUT2D eigenvalue weighted by molar-refractivity contribution is 7.90. The molecule has 16 heteroatoms. The van der Waals surface area contributed by atoms with Crippen LogP contribution in [0.2, 0.25) is 0 Å². The summed E-state index contributed by atoms with van der Waals surface area (Å²) in [5.41, 5.74) is -2.50. The molecule has 2 aromatic heterocycles. The Labute approximate surface area is 217 Å². The van der Waals surface area contributed by atoms with E-state index in [1.807, 2.05) is 0 Å². The van der Waals surface area contributed by atoms with Gasteiger partial charge in [-0.2, -0.15) is 26.3 Å². The quantitative estimate of drug-likeness (QED) is 0.297. The molecule has 1 aliphatic rings. The van der Waals surface area contributed by atoms with Crippen molar-refractivity contribution >= 4 is 15.9 Å². The molecular weight excluding hydrogens is 558 g/mol. The van der Waals surface area contributed by atoms with Crippen LogP contribution in [-0.4, -0.2) is 46.8 Å². The van der Waals surface area contributed by atoms with E-state index in [0.29, 0.717) is 29.2 Å². The Bertz CT molecular complexity index is 1500. The van der Waals surface area contributed by atoms with Crippen LogP contribution in [0, 0.1) is 13.8 Å². The van der Waals surface area contributed by atoms with Crippen LogP contribution in [0.25, 0.3) is 11.1 Å². The van der Waals surface area contributed by atoms with Gasteiger partial charge >= 0.3 is 18.4 Å². The van der Waals surface area contributed by atoms with Crippen molar-refractivity contribution in [2.24, 2.45) is 0 Å². The summed E-state index contributed by atoms with van der Waals surface area (Å²) in [6.07, 6.45) is -10.7. The largest absolute Gasteiger partial charge is 0.439 e. The molecule has 0 radical (unpaired) electrons. The standard InChI is InChI=1S/C23H20F6N4O5S/c1-10-18(12(3)38-32-10)16-8-30-20(39(4,35)36)31-17(16)9-33-11(2)19(37-21(33)34)13-5-14(22(24,25)26)7-15(6-13)23(27,28)29/h5-8,11,19H,9H2,1-4H3/t11-,19-/m0/s1. The molecule has 210 valence electrons. The Hall–Kier alpha value is -3.69. The van der Waals surface area contributed by atoms with E-state index < -0.39 is 68.8 Å². The molecule has 1 aliphatic heterocycles. The van der Waals surface area contributed by atoms with Crippen LogP contribution in [0.1, 0.15) is 46.9 Å². The maximum atomic E-state index is 13.4. The maximum absolute atomic E-state index is 13.4. The summed E-state index contributed by atoms with van der Waals surface area (Å²) in [4.78, 5) is 21.8. The molecule has 4 rings (SSSR count). The molecule has 9 nitrogen and oxygen atoms in total. The van der Waals surface area contributed by atoms with Crippen LogP contribution in [-0.2, 0) is 33.5 Å². The van der Waals surface area contributed by atoms with Crippen molar-refractivity contribution in [3.05, 3.63) is 58.2 Å². The van der Waals surface area contributed by atoms with Gasteiger partial charge in [-0.3, -0.25) is 4.90 Å². The minimum Gasteiger partial charge on any atom is -0.439 e. The van der Waals surface area contributed by atoms with Crippen molar-refractivity contribution < 1.29 is 48.8 Å². The molecule has 1 aromatic carbocycles. The third-order valence-corrected chi connectivity index (χ3v) is 6.99. The number of amides is 1. The molecule has 0 spiro atoms. The molecule has 0 N–H and O–H groups in total. The number of hydrogen-bond donors (Lipinski definition) is 0. The Morgan fingerprint density at radius 3 is 2.10 bits per heavy atom. The van der Waals surface area contributed by atoms with Crippen molar-refractivity contribution in [1.29, 1.82) is 0 Å². The summed E-state index contributed by atoms with van der Waals surface area (Å²) in [5.74, 6) is 0.336. The first-order valence-electron chi connectivity index (χ1n) is 11.1. The Kier molecular flexibility index (Phi) is 6.90. The number of aromatic nitrogens is 3. The maximum Gasteiger partial charge on any atom is 0.416 e. The van der Waals surface area contributed by atoms with Gasteiger partial charge in [0.15, 0.2) is 0 Å². The number of cyclic esters (lactones) is 1. The Morgan fingerprint density at radius 1 is 1.03 bits per heavy atom. The number of carbonyl (C=O) groups excluding carboxylic acids is 1. The number of rotatable bonds is 5. The fraction of sp³-hybridized carbons (Fsp3) is 0.391. The highest BCUT2D eigenvalue weighted by Crippen LogP contribution is 2.41. The topological polar surface area (TPSA) is 115 Å².